The Balaban J connectivity index is 1.59. The van der Waals surface area contributed by atoms with E-state index in [9.17, 15) is 4.79 Å². The Morgan fingerprint density at radius 3 is 2.48 bits per heavy atom. The number of aryl methyl sites for hydroxylation is 1. The summed E-state index contributed by atoms with van der Waals surface area (Å²) < 4.78 is 5.35. The van der Waals surface area contributed by atoms with Gasteiger partial charge in [-0.2, -0.15) is 0 Å². The molecular weight excluding hydrogens is 340 g/mol. The third kappa shape index (κ3) is 3.27. The number of carbonyl (C=O) groups excluding carboxylic acids is 1. The second-order valence-electron chi connectivity index (χ2n) is 7.31. The van der Waals surface area contributed by atoms with Gasteiger partial charge in [-0.1, -0.05) is 37.2 Å². The molecule has 1 amide bonds. The van der Waals surface area contributed by atoms with Gasteiger partial charge < -0.3 is 14.3 Å². The van der Waals surface area contributed by atoms with Gasteiger partial charge in [-0.15, -0.1) is 0 Å². The number of pyridine rings is 1. The highest BCUT2D eigenvalue weighted by Crippen LogP contribution is 2.27. The van der Waals surface area contributed by atoms with Gasteiger partial charge in [0.05, 0.1) is 16.6 Å². The van der Waals surface area contributed by atoms with E-state index >= 15 is 0 Å². The van der Waals surface area contributed by atoms with Crippen molar-refractivity contribution in [2.24, 2.45) is 0 Å². The van der Waals surface area contributed by atoms with E-state index < -0.39 is 0 Å². The molecule has 6 nitrogen and oxygen atoms in total. The normalized spacial score (nSPS) is 15.0. The van der Waals surface area contributed by atoms with Crippen molar-refractivity contribution in [1.82, 2.24) is 15.0 Å². The van der Waals surface area contributed by atoms with Gasteiger partial charge in [0.15, 0.2) is 0 Å². The van der Waals surface area contributed by atoms with Crippen LogP contribution in [-0.4, -0.2) is 47.1 Å². The molecule has 6 heteroatoms. The van der Waals surface area contributed by atoms with Crippen LogP contribution in [-0.2, 0) is 0 Å². The maximum absolute atomic E-state index is 13.3. The lowest BCUT2D eigenvalue weighted by atomic mass is 10.0. The first-order valence-corrected chi connectivity index (χ1v) is 9.41. The number of piperazine rings is 1. The highest BCUT2D eigenvalue weighted by atomic mass is 16.5. The summed E-state index contributed by atoms with van der Waals surface area (Å²) in [6.45, 7) is 9.01. The van der Waals surface area contributed by atoms with Crippen molar-refractivity contribution in [3.05, 3.63) is 53.3 Å². The van der Waals surface area contributed by atoms with Crippen LogP contribution in [0.1, 0.15) is 41.5 Å². The molecule has 140 valence electrons. The van der Waals surface area contributed by atoms with E-state index in [1.807, 2.05) is 36.1 Å². The van der Waals surface area contributed by atoms with Gasteiger partial charge in [-0.3, -0.25) is 4.79 Å². The lowest BCUT2D eigenvalue weighted by Gasteiger charge is -2.36. The average Bonchev–Trinajstić information content (AvgIpc) is 3.08. The fourth-order valence-electron chi connectivity index (χ4n) is 3.56. The summed E-state index contributed by atoms with van der Waals surface area (Å²) in [4.78, 5) is 22.1. The van der Waals surface area contributed by atoms with Crippen LogP contribution >= 0.6 is 0 Å². The highest BCUT2D eigenvalue weighted by molar-refractivity contribution is 6.06. The van der Waals surface area contributed by atoms with Crippen LogP contribution in [0.2, 0.25) is 0 Å². The Labute approximate surface area is 158 Å². The minimum Gasteiger partial charge on any atom is -0.368 e. The molecule has 0 spiro atoms. The number of aromatic nitrogens is 2. The number of carbonyl (C=O) groups is 1. The fourth-order valence-corrected chi connectivity index (χ4v) is 3.56. The first kappa shape index (κ1) is 17.5. The minimum absolute atomic E-state index is 0.0308. The summed E-state index contributed by atoms with van der Waals surface area (Å²) in [6.07, 6.45) is 0. The van der Waals surface area contributed by atoms with E-state index in [1.54, 1.807) is 0 Å². The standard InChI is InChI=1S/C21H24N4O2/c1-14(2)18-13-17(19-15(3)23-27-20(19)22-18)21(26)25-11-9-24(10-12-25)16-7-5-4-6-8-16/h4-8,13-14H,9-12H2,1-3H3. The smallest absolute Gasteiger partial charge is 0.259 e. The third-order valence-electron chi connectivity index (χ3n) is 5.15. The second-order valence-corrected chi connectivity index (χ2v) is 7.31. The number of hydrogen-bond donors (Lipinski definition) is 0. The molecule has 0 saturated carbocycles. The highest BCUT2D eigenvalue weighted by Gasteiger charge is 2.26. The monoisotopic (exact) mass is 364 g/mol. The van der Waals surface area contributed by atoms with E-state index in [4.69, 9.17) is 4.52 Å². The van der Waals surface area contributed by atoms with Crippen molar-refractivity contribution >= 4 is 22.7 Å². The van der Waals surface area contributed by atoms with E-state index in [1.165, 1.54) is 5.69 Å². The van der Waals surface area contributed by atoms with Crippen LogP contribution in [0.25, 0.3) is 11.1 Å². The molecule has 4 rings (SSSR count). The molecule has 1 saturated heterocycles. The molecule has 3 heterocycles. The maximum Gasteiger partial charge on any atom is 0.259 e. The van der Waals surface area contributed by atoms with Crippen molar-refractivity contribution in [2.45, 2.75) is 26.7 Å². The molecule has 0 atom stereocenters. The predicted octanol–water partition coefficient (Wildman–Crippen LogP) is 3.62. The van der Waals surface area contributed by atoms with Crippen LogP contribution in [0.5, 0.6) is 0 Å². The SMILES string of the molecule is Cc1noc2nc(C(C)C)cc(C(=O)N3CCN(c4ccccc4)CC3)c12. The molecule has 27 heavy (non-hydrogen) atoms. The first-order valence-electron chi connectivity index (χ1n) is 9.41. The zero-order valence-electron chi connectivity index (χ0n) is 16.0. The zero-order valence-corrected chi connectivity index (χ0v) is 16.0. The third-order valence-corrected chi connectivity index (χ3v) is 5.15. The Morgan fingerprint density at radius 2 is 1.81 bits per heavy atom. The second kappa shape index (κ2) is 7.02. The lowest BCUT2D eigenvalue weighted by Crippen LogP contribution is -2.48. The Bertz CT molecular complexity index is 957. The summed E-state index contributed by atoms with van der Waals surface area (Å²) >= 11 is 0. The quantitative estimate of drug-likeness (QED) is 0.710. The number of hydrogen-bond acceptors (Lipinski definition) is 5. The molecule has 1 aromatic carbocycles. The van der Waals surface area contributed by atoms with Gasteiger partial charge in [0, 0.05) is 37.6 Å². The fraction of sp³-hybridized carbons (Fsp3) is 0.381. The Hall–Kier alpha value is -2.89. The molecule has 1 aliphatic rings. The first-order chi connectivity index (χ1) is 13.0. The van der Waals surface area contributed by atoms with Gasteiger partial charge >= 0.3 is 0 Å². The van der Waals surface area contributed by atoms with Crippen molar-refractivity contribution in [3.63, 3.8) is 0 Å². The molecular formula is C21H24N4O2. The van der Waals surface area contributed by atoms with Crippen molar-refractivity contribution < 1.29 is 9.32 Å². The number of rotatable bonds is 3. The number of amides is 1. The molecule has 0 N–H and O–H groups in total. The summed E-state index contributed by atoms with van der Waals surface area (Å²) in [6, 6.07) is 12.2. The van der Waals surface area contributed by atoms with Gasteiger partial charge in [0.1, 0.15) is 0 Å². The molecule has 0 radical (unpaired) electrons. The Kier molecular flexibility index (Phi) is 4.56. The summed E-state index contributed by atoms with van der Waals surface area (Å²) in [5.74, 6) is 0.240. The van der Waals surface area contributed by atoms with Crippen LogP contribution in [0.3, 0.4) is 0 Å². The van der Waals surface area contributed by atoms with Gasteiger partial charge in [0.25, 0.3) is 11.6 Å². The van der Waals surface area contributed by atoms with Gasteiger partial charge in [0.2, 0.25) is 0 Å². The molecule has 1 fully saturated rings. The summed E-state index contributed by atoms with van der Waals surface area (Å²) in [5, 5.41) is 4.75. The van der Waals surface area contributed by atoms with Crippen LogP contribution in [0.15, 0.2) is 40.9 Å². The number of anilines is 1. The van der Waals surface area contributed by atoms with E-state index in [0.717, 1.165) is 24.2 Å². The van der Waals surface area contributed by atoms with Crippen molar-refractivity contribution in [1.29, 1.82) is 0 Å². The molecule has 1 aliphatic heterocycles. The summed E-state index contributed by atoms with van der Waals surface area (Å²) in [5.41, 5.74) is 3.86. The number of fused-ring (bicyclic) bond motifs is 1. The molecule has 0 aliphatic carbocycles. The zero-order chi connectivity index (χ0) is 19.0. The largest absolute Gasteiger partial charge is 0.368 e. The number of para-hydroxylation sites is 1. The molecule has 0 bridgehead atoms. The molecule has 3 aromatic rings. The average molecular weight is 364 g/mol. The van der Waals surface area contributed by atoms with E-state index in [2.05, 4.69) is 41.0 Å². The lowest BCUT2D eigenvalue weighted by molar-refractivity contribution is 0.0748. The predicted molar refractivity (Wildman–Crippen MR) is 105 cm³/mol. The van der Waals surface area contributed by atoms with Gasteiger partial charge in [-0.25, -0.2) is 4.98 Å². The summed E-state index contributed by atoms with van der Waals surface area (Å²) in [7, 11) is 0. The maximum atomic E-state index is 13.3. The van der Waals surface area contributed by atoms with Crippen molar-refractivity contribution in [3.8, 4) is 0 Å². The van der Waals surface area contributed by atoms with E-state index in [-0.39, 0.29) is 11.8 Å². The molecule has 2 aromatic heterocycles. The van der Waals surface area contributed by atoms with Crippen LogP contribution in [0, 0.1) is 6.92 Å². The number of nitrogens with zero attached hydrogens (tertiary/aromatic N) is 4. The van der Waals surface area contributed by atoms with Crippen molar-refractivity contribution in [2.75, 3.05) is 31.1 Å². The molecule has 0 unspecified atom stereocenters. The number of benzene rings is 1. The van der Waals surface area contributed by atoms with Gasteiger partial charge in [-0.05, 0) is 31.0 Å². The Morgan fingerprint density at radius 1 is 1.11 bits per heavy atom. The van der Waals surface area contributed by atoms with E-state index in [0.29, 0.717) is 30.1 Å². The van der Waals surface area contributed by atoms with Crippen LogP contribution < -0.4 is 4.90 Å². The minimum atomic E-state index is 0.0308. The topological polar surface area (TPSA) is 62.5 Å². The van der Waals surface area contributed by atoms with Crippen LogP contribution in [0.4, 0.5) is 5.69 Å².